The molecule has 194 valence electrons. The molecule has 3 aliphatic carbocycles. The van der Waals surface area contributed by atoms with Crippen molar-refractivity contribution in [3.63, 3.8) is 0 Å². The highest BCUT2D eigenvalue weighted by Gasteiger charge is 2.67. The van der Waals surface area contributed by atoms with Crippen LogP contribution in [0.25, 0.3) is 0 Å². The summed E-state index contributed by atoms with van der Waals surface area (Å²) in [6.45, 7) is 0. The zero-order chi connectivity index (χ0) is 26.4. The summed E-state index contributed by atoms with van der Waals surface area (Å²) in [4.78, 5) is 24.9. The smallest absolute Gasteiger partial charge is 0.259 e. The highest BCUT2D eigenvalue weighted by Crippen LogP contribution is 2.60. The summed E-state index contributed by atoms with van der Waals surface area (Å²) in [5, 5.41) is 22.2. The van der Waals surface area contributed by atoms with Gasteiger partial charge in [-0.1, -0.05) is 23.2 Å². The minimum absolute atomic E-state index is 0.0396. The van der Waals surface area contributed by atoms with Crippen LogP contribution in [-0.2, 0) is 9.59 Å². The van der Waals surface area contributed by atoms with Crippen LogP contribution in [0.5, 0.6) is 11.5 Å². The number of aliphatic hydroxyl groups excluding tert-OH is 2. The molecule has 2 aromatic rings. The minimum atomic E-state index is -1.43. The maximum absolute atomic E-state index is 13.9. The molecule has 2 aromatic carbocycles. The van der Waals surface area contributed by atoms with Gasteiger partial charge in [0.1, 0.15) is 23.1 Å². The van der Waals surface area contributed by atoms with E-state index in [1.165, 1.54) is 24.3 Å². The Kier molecular flexibility index (Phi) is 7.09. The number of carbonyl (C=O) groups is 2. The fraction of sp³-hybridized carbons (Fsp3) is 0.417. The Bertz CT molecular complexity index is 1110. The molecular weight excluding hydrogens is 521 g/mol. The van der Waals surface area contributed by atoms with Crippen LogP contribution in [0, 0.1) is 22.5 Å². The fourth-order valence-electron chi connectivity index (χ4n) is 5.52. The number of rotatable bonds is 8. The molecule has 0 spiro atoms. The third-order valence-electron chi connectivity index (χ3n) is 7.38. The van der Waals surface area contributed by atoms with Crippen LogP contribution in [0.3, 0.4) is 0 Å². The second-order valence-electron chi connectivity index (χ2n) is 9.36. The number of hydrogen-bond donors (Lipinski definition) is 4. The highest BCUT2D eigenvalue weighted by molar-refractivity contribution is 6.31. The lowest BCUT2D eigenvalue weighted by Crippen LogP contribution is -2.69. The zero-order valence-electron chi connectivity index (χ0n) is 18.8. The standard InChI is InChI=1S/C24H24Cl2F2N2O6/c25-13-3-1-11(7-15(13)27)35-19(21(29)33)23-5-6-24(10-17(23)31,18(32)9-23)20(22(30)34)36-12-2-4-14(26)16(28)8-12/h1-4,7-8,17-20,31-32H,5-6,9-10H2,(H2,29,33)(H2,30,34)/t17-,18+,19?,20?,23-,24-/m1/s1. The van der Waals surface area contributed by atoms with Gasteiger partial charge in [-0.15, -0.1) is 0 Å². The highest BCUT2D eigenvalue weighted by atomic mass is 35.5. The van der Waals surface area contributed by atoms with Crippen molar-refractivity contribution in [1.29, 1.82) is 0 Å². The van der Waals surface area contributed by atoms with Crippen LogP contribution >= 0.6 is 23.2 Å². The first-order valence-corrected chi connectivity index (χ1v) is 11.8. The summed E-state index contributed by atoms with van der Waals surface area (Å²) in [6.07, 6.45) is -5.62. The number of nitrogens with two attached hydrogens (primary N) is 2. The van der Waals surface area contributed by atoms with Gasteiger partial charge in [-0.2, -0.15) is 0 Å². The Morgan fingerprint density at radius 2 is 1.19 bits per heavy atom. The predicted octanol–water partition coefficient (Wildman–Crippen LogP) is 2.72. The quantitative estimate of drug-likeness (QED) is 0.402. The van der Waals surface area contributed by atoms with Crippen molar-refractivity contribution >= 4 is 35.0 Å². The van der Waals surface area contributed by atoms with Crippen LogP contribution < -0.4 is 20.9 Å². The molecule has 3 saturated carbocycles. The fourth-order valence-corrected chi connectivity index (χ4v) is 5.75. The van der Waals surface area contributed by atoms with Crippen LogP contribution in [0.15, 0.2) is 36.4 Å². The van der Waals surface area contributed by atoms with Crippen molar-refractivity contribution in [2.75, 3.05) is 0 Å². The van der Waals surface area contributed by atoms with E-state index in [4.69, 9.17) is 44.1 Å². The average molecular weight is 545 g/mol. The van der Waals surface area contributed by atoms with E-state index in [1.54, 1.807) is 0 Å². The van der Waals surface area contributed by atoms with Gasteiger partial charge in [-0.3, -0.25) is 9.59 Å². The molecule has 2 bridgehead atoms. The maximum Gasteiger partial charge on any atom is 0.259 e. The van der Waals surface area contributed by atoms with Gasteiger partial charge in [0.05, 0.1) is 22.3 Å². The van der Waals surface area contributed by atoms with Crippen molar-refractivity contribution in [2.45, 2.75) is 50.1 Å². The SMILES string of the molecule is NC(=O)C(Oc1ccc(Cl)c(F)c1)[C@@]12CC[C@@](C(Oc3ccc(Cl)c(F)c3)C(N)=O)(C[C@H]1O)[C@@H](O)C2. The molecule has 0 aliphatic heterocycles. The lowest BCUT2D eigenvalue weighted by molar-refractivity contribution is -0.228. The molecule has 8 nitrogen and oxygen atoms in total. The van der Waals surface area contributed by atoms with Gasteiger partial charge in [0, 0.05) is 23.0 Å². The zero-order valence-corrected chi connectivity index (χ0v) is 20.3. The Hall–Kier alpha value is -2.66. The van der Waals surface area contributed by atoms with Gasteiger partial charge in [-0.05, 0) is 49.9 Å². The van der Waals surface area contributed by atoms with Gasteiger partial charge in [0.2, 0.25) is 0 Å². The Morgan fingerprint density at radius 3 is 1.47 bits per heavy atom. The van der Waals surface area contributed by atoms with Gasteiger partial charge in [-0.25, -0.2) is 8.78 Å². The van der Waals surface area contributed by atoms with Crippen LogP contribution in [0.1, 0.15) is 25.7 Å². The van der Waals surface area contributed by atoms with Gasteiger partial charge < -0.3 is 31.2 Å². The molecule has 5 rings (SSSR count). The van der Waals surface area contributed by atoms with Crippen LogP contribution in [0.2, 0.25) is 10.0 Å². The van der Waals surface area contributed by atoms with Crippen molar-refractivity contribution in [2.24, 2.45) is 22.3 Å². The van der Waals surface area contributed by atoms with Gasteiger partial charge in [0.15, 0.2) is 12.2 Å². The number of fused-ring (bicyclic) bond motifs is 3. The van der Waals surface area contributed by atoms with Crippen LogP contribution in [0.4, 0.5) is 8.78 Å². The summed E-state index contributed by atoms with van der Waals surface area (Å²) in [6, 6.07) is 7.15. The van der Waals surface area contributed by atoms with E-state index in [-0.39, 0.29) is 47.2 Å². The Balaban J connectivity index is 1.64. The number of primary amides is 2. The summed E-state index contributed by atoms with van der Waals surface area (Å²) in [7, 11) is 0. The maximum atomic E-state index is 13.9. The summed E-state index contributed by atoms with van der Waals surface area (Å²) in [5.41, 5.74) is 8.56. The molecule has 0 aromatic heterocycles. The van der Waals surface area contributed by atoms with E-state index in [0.717, 1.165) is 12.1 Å². The van der Waals surface area contributed by atoms with E-state index in [0.29, 0.717) is 0 Å². The largest absolute Gasteiger partial charge is 0.480 e. The topological polar surface area (TPSA) is 145 Å². The molecule has 0 radical (unpaired) electrons. The molecule has 3 aliphatic rings. The van der Waals surface area contributed by atoms with Gasteiger partial charge >= 0.3 is 0 Å². The van der Waals surface area contributed by atoms with Crippen LogP contribution in [-0.4, -0.2) is 46.4 Å². The van der Waals surface area contributed by atoms with E-state index >= 15 is 0 Å². The van der Waals surface area contributed by atoms with E-state index < -0.39 is 58.7 Å². The average Bonchev–Trinajstić information content (AvgIpc) is 2.81. The third kappa shape index (κ3) is 4.47. The third-order valence-corrected chi connectivity index (χ3v) is 7.99. The number of carbonyl (C=O) groups excluding carboxylic acids is 2. The normalized spacial score (nSPS) is 28.8. The first-order valence-electron chi connectivity index (χ1n) is 11.1. The number of ether oxygens (including phenoxy) is 2. The molecule has 2 unspecified atom stereocenters. The molecule has 3 fully saturated rings. The van der Waals surface area contributed by atoms with E-state index in [2.05, 4.69) is 0 Å². The molecular formula is C24H24Cl2F2N2O6. The molecule has 0 heterocycles. The van der Waals surface area contributed by atoms with E-state index in [1.807, 2.05) is 0 Å². The number of hydrogen-bond acceptors (Lipinski definition) is 6. The summed E-state index contributed by atoms with van der Waals surface area (Å²) < 4.78 is 39.3. The van der Waals surface area contributed by atoms with Crippen molar-refractivity contribution in [1.82, 2.24) is 0 Å². The number of halogens is 4. The van der Waals surface area contributed by atoms with Gasteiger partial charge in [0.25, 0.3) is 11.8 Å². The molecule has 6 atom stereocenters. The Morgan fingerprint density at radius 1 is 0.833 bits per heavy atom. The second kappa shape index (κ2) is 9.66. The molecule has 12 heteroatoms. The lowest BCUT2D eigenvalue weighted by Gasteiger charge is -2.60. The first-order chi connectivity index (χ1) is 16.9. The predicted molar refractivity (Wildman–Crippen MR) is 125 cm³/mol. The van der Waals surface area contributed by atoms with E-state index in [9.17, 15) is 28.6 Å². The monoisotopic (exact) mass is 544 g/mol. The Labute approximate surface area is 215 Å². The summed E-state index contributed by atoms with van der Waals surface area (Å²) in [5.74, 6) is -3.48. The number of amides is 2. The van der Waals surface area contributed by atoms with Crippen molar-refractivity contribution in [3.8, 4) is 11.5 Å². The summed E-state index contributed by atoms with van der Waals surface area (Å²) >= 11 is 11.4. The number of benzene rings is 2. The second-order valence-corrected chi connectivity index (χ2v) is 10.2. The number of aliphatic hydroxyl groups is 2. The molecule has 36 heavy (non-hydrogen) atoms. The molecule has 2 amide bonds. The molecule has 0 saturated heterocycles. The first kappa shape index (κ1) is 26.4. The van der Waals surface area contributed by atoms with Crippen molar-refractivity contribution in [3.05, 3.63) is 58.1 Å². The lowest BCUT2D eigenvalue weighted by atomic mass is 9.47. The minimum Gasteiger partial charge on any atom is -0.480 e. The van der Waals surface area contributed by atoms with Crippen molar-refractivity contribution < 1.29 is 38.1 Å². The molecule has 6 N–H and O–H groups in total.